The molecule has 3 atom stereocenters. The van der Waals surface area contributed by atoms with Gasteiger partial charge in [0.05, 0.1) is 67.3 Å². The Hall–Kier alpha value is -6.02. The number of carbonyl (C=O) groups excluding carboxylic acids is 5. The topological polar surface area (TPSA) is 190 Å². The number of halogens is 1. The second kappa shape index (κ2) is 23.9. The van der Waals surface area contributed by atoms with Crippen LogP contribution in [0.15, 0.2) is 82.5 Å². The normalized spacial score (nSPS) is 17.7. The molecule has 1 N–H and O–H groups in total. The highest BCUT2D eigenvalue weighted by atomic mass is 35.5. The molecule has 3 aromatic carbocycles. The van der Waals surface area contributed by atoms with Crippen LogP contribution in [0.1, 0.15) is 65.3 Å². The third kappa shape index (κ3) is 12.4. The van der Waals surface area contributed by atoms with Gasteiger partial charge in [-0.15, -0.1) is 23.1 Å². The minimum absolute atomic E-state index is 0.0501. The number of β-lactam (4-membered cyclic amide) rings is 1. The Morgan fingerprint density at radius 3 is 2.15 bits per heavy atom. The Labute approximate surface area is 428 Å². The number of oxime groups is 1. The fraction of sp³-hybridized carbons (Fsp3) is 0.408. The number of quaternary nitrogens is 1. The molecular weight excluding hydrogens is 972 g/mol. The second-order valence-electron chi connectivity index (χ2n) is 17.6. The van der Waals surface area contributed by atoms with Gasteiger partial charge in [-0.1, -0.05) is 54.9 Å². The summed E-state index contributed by atoms with van der Waals surface area (Å²) >= 11 is 9.70. The summed E-state index contributed by atoms with van der Waals surface area (Å²) in [5.74, 6) is -2.08. The molecule has 4 aromatic rings. The molecule has 7 rings (SSSR count). The summed E-state index contributed by atoms with van der Waals surface area (Å²) in [5.41, 5.74) is 2.68. The number of thioether (sulfide) groups is 1. The lowest BCUT2D eigenvalue weighted by atomic mass is 9.89. The highest BCUT2D eigenvalue weighted by Gasteiger charge is 2.55. The van der Waals surface area contributed by atoms with Gasteiger partial charge in [-0.25, -0.2) is 14.6 Å². The number of carbonyl (C=O) groups is 5. The van der Waals surface area contributed by atoms with Crippen molar-refractivity contribution in [2.24, 2.45) is 17.0 Å². The lowest BCUT2D eigenvalue weighted by Crippen LogP contribution is -2.63. The molecule has 2 fully saturated rings. The second-order valence-corrected chi connectivity index (χ2v) is 20.1. The van der Waals surface area contributed by atoms with Crippen molar-refractivity contribution in [3.05, 3.63) is 110 Å². The van der Waals surface area contributed by atoms with Crippen molar-refractivity contribution in [3.8, 4) is 23.0 Å². The highest BCUT2D eigenvalue weighted by molar-refractivity contribution is 8.00. The van der Waals surface area contributed by atoms with E-state index in [4.69, 9.17) is 56.1 Å². The van der Waals surface area contributed by atoms with E-state index in [2.05, 4.69) is 20.1 Å². The maximum atomic E-state index is 14.0. The number of ketones is 1. The number of rotatable bonds is 23. The van der Waals surface area contributed by atoms with Gasteiger partial charge < -0.3 is 42.9 Å². The molecular formula is C49H53B2ClN5O12S2+. The van der Waals surface area contributed by atoms with Crippen LogP contribution >= 0.6 is 34.7 Å². The molecule has 71 heavy (non-hydrogen) atoms. The number of benzene rings is 3. The SMILES string of the molecule is [B]OC(=O)C1=C(C[N+]2(CCNC(=O)c3ccc(OCc4ccc(OC)cc4)c(OCc4ccc(OC)cc4)c3Cl)CCCC2)CS[C@@H]2[C@H](CC(=O)/C(=N\O[C@H](C(=O)O[B])C(C)C)c3csc(C)n3)C(=O)N12. The van der Waals surface area contributed by atoms with E-state index in [-0.39, 0.29) is 59.6 Å². The molecule has 2 amide bonds. The first-order valence-electron chi connectivity index (χ1n) is 22.8. The predicted molar refractivity (Wildman–Crippen MR) is 267 cm³/mol. The van der Waals surface area contributed by atoms with Crippen LogP contribution in [-0.4, -0.2) is 130 Å². The van der Waals surface area contributed by atoms with Crippen molar-refractivity contribution in [3.63, 3.8) is 0 Å². The quantitative estimate of drug-likeness (QED) is 0.0297. The molecule has 4 heterocycles. The fourth-order valence-electron chi connectivity index (χ4n) is 8.70. The average Bonchev–Trinajstić information content (AvgIpc) is 4.03. The number of thiazole rings is 1. The molecule has 17 nitrogen and oxygen atoms in total. The lowest BCUT2D eigenvalue weighted by Gasteiger charge is -2.50. The number of fused-ring (bicyclic) bond motifs is 1. The molecule has 3 aliphatic rings. The monoisotopic (exact) mass is 1020 g/mol. The number of nitrogens with one attached hydrogen (secondary N) is 1. The Morgan fingerprint density at radius 1 is 0.930 bits per heavy atom. The van der Waals surface area contributed by atoms with Crippen LogP contribution in [0.4, 0.5) is 0 Å². The number of Topliss-reactive ketones (excluding diaryl/α,β-unsaturated/α-hetero) is 1. The first kappa shape index (κ1) is 52.8. The third-order valence-corrected chi connectivity index (χ3v) is 15.1. The van der Waals surface area contributed by atoms with Gasteiger partial charge in [0.25, 0.3) is 5.91 Å². The highest BCUT2D eigenvalue weighted by Crippen LogP contribution is 2.46. The number of methoxy groups -OCH3 is 2. The van der Waals surface area contributed by atoms with Crippen LogP contribution in [0.3, 0.4) is 0 Å². The zero-order valence-corrected chi connectivity index (χ0v) is 42.4. The van der Waals surface area contributed by atoms with Crippen LogP contribution in [-0.2, 0) is 46.5 Å². The van der Waals surface area contributed by atoms with Crippen molar-refractivity contribution in [2.45, 2.75) is 64.7 Å². The first-order chi connectivity index (χ1) is 34.2. The zero-order chi connectivity index (χ0) is 50.8. The summed E-state index contributed by atoms with van der Waals surface area (Å²) in [6, 6.07) is 18.1. The molecule has 0 spiro atoms. The van der Waals surface area contributed by atoms with E-state index in [1.165, 1.54) is 28.0 Å². The maximum Gasteiger partial charge on any atom is 0.378 e. The van der Waals surface area contributed by atoms with Crippen LogP contribution in [0.5, 0.6) is 23.0 Å². The number of hydrogen-bond acceptors (Lipinski definition) is 16. The summed E-state index contributed by atoms with van der Waals surface area (Å²) in [6.07, 6.45) is 0.342. The first-order valence-corrected chi connectivity index (χ1v) is 25.1. The summed E-state index contributed by atoms with van der Waals surface area (Å²) in [7, 11) is 13.8. The van der Waals surface area contributed by atoms with E-state index in [1.807, 2.05) is 48.5 Å². The maximum absolute atomic E-state index is 14.0. The number of hydrogen-bond donors (Lipinski definition) is 1. The van der Waals surface area contributed by atoms with Gasteiger partial charge in [0.2, 0.25) is 12.0 Å². The number of aromatic nitrogens is 1. The average molecular weight is 1030 g/mol. The van der Waals surface area contributed by atoms with E-state index in [0.29, 0.717) is 51.2 Å². The Kier molecular flexibility index (Phi) is 17.8. The summed E-state index contributed by atoms with van der Waals surface area (Å²) in [4.78, 5) is 78.9. The van der Waals surface area contributed by atoms with Crippen molar-refractivity contribution < 1.29 is 61.5 Å². The van der Waals surface area contributed by atoms with Gasteiger partial charge in [0, 0.05) is 41.9 Å². The van der Waals surface area contributed by atoms with Gasteiger partial charge in [0.1, 0.15) is 42.6 Å². The summed E-state index contributed by atoms with van der Waals surface area (Å²) < 4.78 is 32.7. The van der Waals surface area contributed by atoms with E-state index in [1.54, 1.807) is 52.5 Å². The largest absolute Gasteiger partial charge is 0.541 e. The van der Waals surface area contributed by atoms with E-state index >= 15 is 0 Å². The molecule has 370 valence electrons. The van der Waals surface area contributed by atoms with Crippen molar-refractivity contribution in [1.82, 2.24) is 15.2 Å². The number of nitrogens with zero attached hydrogens (tertiary/aromatic N) is 4. The van der Waals surface area contributed by atoms with E-state index < -0.39 is 52.8 Å². The third-order valence-electron chi connectivity index (χ3n) is 12.5. The molecule has 0 unspecified atom stereocenters. The van der Waals surface area contributed by atoms with Crippen LogP contribution in [0.25, 0.3) is 0 Å². The molecule has 4 radical (unpaired) electrons. The molecule has 1 aromatic heterocycles. The van der Waals surface area contributed by atoms with Crippen molar-refractivity contribution in [1.29, 1.82) is 0 Å². The van der Waals surface area contributed by atoms with Gasteiger partial charge in [-0.2, -0.15) is 0 Å². The smallest absolute Gasteiger partial charge is 0.378 e. The van der Waals surface area contributed by atoms with Crippen LogP contribution in [0, 0.1) is 18.8 Å². The summed E-state index contributed by atoms with van der Waals surface area (Å²) in [5, 5.41) is 8.88. The number of ether oxygens (including phenoxy) is 4. The number of likely N-dealkylation sites (tertiary alicyclic amines) is 1. The van der Waals surface area contributed by atoms with Gasteiger partial charge in [-0.05, 0) is 54.4 Å². The van der Waals surface area contributed by atoms with E-state index in [0.717, 1.165) is 37.1 Å². The fourth-order valence-corrected chi connectivity index (χ4v) is 11.0. The summed E-state index contributed by atoms with van der Waals surface area (Å²) in [6.45, 7) is 8.16. The zero-order valence-electron chi connectivity index (χ0n) is 40.0. The van der Waals surface area contributed by atoms with Crippen LogP contribution in [0.2, 0.25) is 5.02 Å². The van der Waals surface area contributed by atoms with Crippen LogP contribution < -0.4 is 24.3 Å². The van der Waals surface area contributed by atoms with Gasteiger partial charge >= 0.3 is 28.0 Å². The lowest BCUT2D eigenvalue weighted by molar-refractivity contribution is -0.911. The predicted octanol–water partition coefficient (Wildman–Crippen LogP) is 6.06. The minimum atomic E-state index is -1.21. The minimum Gasteiger partial charge on any atom is -0.541 e. The Balaban J connectivity index is 1.04. The van der Waals surface area contributed by atoms with Gasteiger partial charge in [-0.3, -0.25) is 19.3 Å². The van der Waals surface area contributed by atoms with E-state index in [9.17, 15) is 24.0 Å². The Morgan fingerprint density at radius 2 is 1.58 bits per heavy atom. The Bertz CT molecular complexity index is 2660. The molecule has 2 saturated heterocycles. The number of amides is 2. The standard InChI is InChI=1S/C49H52B2ClN5O12S2/c1-28(2)43(49(62)68-51)69-55-41(37-27-70-29(3)54-37)38(58)22-36-46(60)56-42(48(61)67-50)32(26-71-47(36)56)23-57(19-6-7-20-57)21-18-53-45(59)35-16-17-39(65-24-30-8-12-33(63-4)13-9-30)44(40(35)52)66-25-31-10-14-34(64-5)15-11-31/h8-17,27-28,36,43,47H,6-7,18-26H2,1-5H3/p+1/b55-41-/t36-,43+,47-/m1/s1. The molecule has 3 aliphatic heterocycles. The number of aryl methyl sites for hydroxylation is 1. The molecule has 0 aliphatic carbocycles. The molecule has 22 heteroatoms. The molecule has 0 saturated carbocycles. The van der Waals surface area contributed by atoms with Crippen molar-refractivity contribution in [2.75, 3.05) is 52.7 Å². The molecule has 0 bridgehead atoms. The van der Waals surface area contributed by atoms with Gasteiger partial charge in [0.15, 0.2) is 23.0 Å². The van der Waals surface area contributed by atoms with Crippen molar-refractivity contribution >= 4 is 86.0 Å².